The van der Waals surface area contributed by atoms with Crippen molar-refractivity contribution < 1.29 is 4.74 Å². The van der Waals surface area contributed by atoms with Gasteiger partial charge in [-0.1, -0.05) is 41.7 Å². The largest absolute Gasteiger partial charge is 0.491 e. The minimum absolute atomic E-state index is 0.0704. The van der Waals surface area contributed by atoms with Gasteiger partial charge in [0.05, 0.1) is 27.4 Å². The molecule has 0 aliphatic rings. The molecule has 0 N–H and O–H groups in total. The SMILES string of the molecule is Cc1cc(-c2nn(-c3ccccc3)cc2C=c2sc3nc4ccccc4n3c2=O)ccc1OC(C)C. The Morgan fingerprint density at radius 3 is 2.56 bits per heavy atom. The van der Waals surface area contributed by atoms with Gasteiger partial charge in [0.1, 0.15) is 11.4 Å². The summed E-state index contributed by atoms with van der Waals surface area (Å²) in [7, 11) is 0. The second kappa shape index (κ2) is 8.77. The predicted octanol–water partition coefficient (Wildman–Crippen LogP) is 5.41. The number of ether oxygens (including phenoxy) is 1. The highest BCUT2D eigenvalue weighted by Gasteiger charge is 2.15. The summed E-state index contributed by atoms with van der Waals surface area (Å²) < 4.78 is 10.1. The van der Waals surface area contributed by atoms with Crippen LogP contribution in [0.25, 0.3) is 39.0 Å². The monoisotopic (exact) mass is 492 g/mol. The van der Waals surface area contributed by atoms with Crippen molar-refractivity contribution in [2.75, 3.05) is 0 Å². The van der Waals surface area contributed by atoms with Crippen LogP contribution in [0.4, 0.5) is 0 Å². The standard InChI is InChI=1S/C29H24N4O2S/c1-18(2)35-25-14-13-20(15-19(25)3)27-21(17-32(31-27)22-9-5-4-6-10-22)16-26-28(34)33-24-12-8-7-11-23(24)30-29(33)36-26/h4-18H,1-3H3. The summed E-state index contributed by atoms with van der Waals surface area (Å²) in [6.07, 6.45) is 3.99. The number of imidazole rings is 1. The number of benzene rings is 3. The maximum Gasteiger partial charge on any atom is 0.274 e. The Kier molecular flexibility index (Phi) is 5.42. The van der Waals surface area contributed by atoms with Crippen LogP contribution < -0.4 is 14.8 Å². The molecule has 178 valence electrons. The number of hydrogen-bond acceptors (Lipinski definition) is 5. The smallest absolute Gasteiger partial charge is 0.274 e. The molecule has 0 bridgehead atoms. The summed E-state index contributed by atoms with van der Waals surface area (Å²) in [6, 6.07) is 23.8. The first-order chi connectivity index (χ1) is 17.5. The average Bonchev–Trinajstić information content (AvgIpc) is 3.54. The Balaban J connectivity index is 1.54. The number of nitrogens with zero attached hydrogens (tertiary/aromatic N) is 4. The van der Waals surface area contributed by atoms with Crippen LogP contribution in [0, 0.1) is 6.92 Å². The van der Waals surface area contributed by atoms with Crippen molar-refractivity contribution in [1.29, 1.82) is 0 Å². The first-order valence-corrected chi connectivity index (χ1v) is 12.6. The van der Waals surface area contributed by atoms with Crippen molar-refractivity contribution in [2.45, 2.75) is 26.9 Å². The molecule has 6 nitrogen and oxygen atoms in total. The van der Waals surface area contributed by atoms with Gasteiger partial charge >= 0.3 is 0 Å². The zero-order chi connectivity index (χ0) is 24.8. The molecule has 3 aromatic heterocycles. The maximum atomic E-state index is 13.4. The summed E-state index contributed by atoms with van der Waals surface area (Å²) in [5.41, 5.74) is 6.18. The molecular formula is C29H24N4O2S. The van der Waals surface area contributed by atoms with E-state index < -0.39 is 0 Å². The van der Waals surface area contributed by atoms with Crippen molar-refractivity contribution in [3.8, 4) is 22.7 Å². The number of aryl methyl sites for hydroxylation is 1. The number of aromatic nitrogens is 4. The molecule has 36 heavy (non-hydrogen) atoms. The van der Waals surface area contributed by atoms with Crippen LogP contribution >= 0.6 is 11.3 Å². The molecule has 0 aliphatic carbocycles. The molecule has 0 saturated heterocycles. The second-order valence-corrected chi connectivity index (χ2v) is 10.0. The van der Waals surface area contributed by atoms with E-state index in [0.717, 1.165) is 44.9 Å². The molecule has 0 amide bonds. The van der Waals surface area contributed by atoms with Gasteiger partial charge in [-0.15, -0.1) is 0 Å². The first kappa shape index (κ1) is 22.2. The van der Waals surface area contributed by atoms with Gasteiger partial charge in [0.2, 0.25) is 0 Å². The molecule has 3 aromatic carbocycles. The van der Waals surface area contributed by atoms with Gasteiger partial charge in [0.25, 0.3) is 5.56 Å². The maximum absolute atomic E-state index is 13.4. The number of fused-ring (bicyclic) bond motifs is 3. The molecule has 0 aliphatic heterocycles. The van der Waals surface area contributed by atoms with Gasteiger partial charge in [-0.3, -0.25) is 4.79 Å². The Morgan fingerprint density at radius 1 is 1.00 bits per heavy atom. The topological polar surface area (TPSA) is 61.4 Å². The quantitative estimate of drug-likeness (QED) is 0.323. The van der Waals surface area contributed by atoms with E-state index in [1.807, 2.05) is 104 Å². The van der Waals surface area contributed by atoms with E-state index in [1.54, 1.807) is 4.40 Å². The first-order valence-electron chi connectivity index (χ1n) is 11.8. The minimum Gasteiger partial charge on any atom is -0.491 e. The Morgan fingerprint density at radius 2 is 1.78 bits per heavy atom. The van der Waals surface area contributed by atoms with Crippen molar-refractivity contribution in [2.24, 2.45) is 0 Å². The number of rotatable bonds is 5. The highest BCUT2D eigenvalue weighted by atomic mass is 32.1. The van der Waals surface area contributed by atoms with Crippen molar-refractivity contribution in [3.63, 3.8) is 0 Å². The van der Waals surface area contributed by atoms with Crippen LogP contribution in [-0.2, 0) is 0 Å². The fourth-order valence-electron chi connectivity index (χ4n) is 4.37. The zero-order valence-corrected chi connectivity index (χ0v) is 21.0. The molecule has 0 fully saturated rings. The molecule has 0 atom stereocenters. The average molecular weight is 493 g/mol. The summed E-state index contributed by atoms with van der Waals surface area (Å²) in [6.45, 7) is 6.07. The highest BCUT2D eigenvalue weighted by Crippen LogP contribution is 2.29. The van der Waals surface area contributed by atoms with Crippen LogP contribution in [-0.4, -0.2) is 25.3 Å². The summed E-state index contributed by atoms with van der Waals surface area (Å²) in [4.78, 5) is 18.7. The van der Waals surface area contributed by atoms with Gasteiger partial charge < -0.3 is 4.74 Å². The third-order valence-electron chi connectivity index (χ3n) is 6.01. The lowest BCUT2D eigenvalue weighted by Gasteiger charge is -2.13. The fraction of sp³-hybridized carbons (Fsp3) is 0.138. The number of para-hydroxylation sites is 3. The van der Waals surface area contributed by atoms with E-state index in [-0.39, 0.29) is 11.7 Å². The Bertz CT molecular complexity index is 1830. The molecular weight excluding hydrogens is 468 g/mol. The fourth-order valence-corrected chi connectivity index (χ4v) is 5.34. The summed E-state index contributed by atoms with van der Waals surface area (Å²) >= 11 is 1.39. The molecule has 0 spiro atoms. The van der Waals surface area contributed by atoms with Crippen molar-refractivity contribution in [3.05, 3.63) is 105 Å². The van der Waals surface area contributed by atoms with E-state index in [9.17, 15) is 4.79 Å². The zero-order valence-electron chi connectivity index (χ0n) is 20.2. The lowest BCUT2D eigenvalue weighted by molar-refractivity contribution is 0.241. The van der Waals surface area contributed by atoms with E-state index >= 15 is 0 Å². The van der Waals surface area contributed by atoms with Crippen LogP contribution in [0.15, 0.2) is 83.8 Å². The third kappa shape index (κ3) is 3.87. The summed E-state index contributed by atoms with van der Waals surface area (Å²) in [5.74, 6) is 0.856. The van der Waals surface area contributed by atoms with E-state index in [2.05, 4.69) is 11.1 Å². The Labute approximate surface area is 211 Å². The van der Waals surface area contributed by atoms with Gasteiger partial charge in [0, 0.05) is 17.3 Å². The normalized spacial score (nSPS) is 12.3. The van der Waals surface area contributed by atoms with E-state index in [0.29, 0.717) is 9.49 Å². The summed E-state index contributed by atoms with van der Waals surface area (Å²) in [5, 5.41) is 4.92. The third-order valence-corrected chi connectivity index (χ3v) is 6.97. The van der Waals surface area contributed by atoms with Gasteiger partial charge in [-0.25, -0.2) is 14.1 Å². The number of hydrogen-bond donors (Lipinski definition) is 0. The van der Waals surface area contributed by atoms with Gasteiger partial charge in [-0.2, -0.15) is 5.10 Å². The highest BCUT2D eigenvalue weighted by molar-refractivity contribution is 7.15. The molecule has 0 saturated carbocycles. The van der Waals surface area contributed by atoms with Crippen LogP contribution in [0.3, 0.4) is 0 Å². The van der Waals surface area contributed by atoms with E-state index in [4.69, 9.17) is 9.84 Å². The Hall–Kier alpha value is -4.23. The van der Waals surface area contributed by atoms with Crippen molar-refractivity contribution >= 4 is 33.4 Å². The number of thiazole rings is 1. The molecule has 6 aromatic rings. The minimum atomic E-state index is -0.0704. The molecule has 3 heterocycles. The van der Waals surface area contributed by atoms with Crippen molar-refractivity contribution in [1.82, 2.24) is 19.2 Å². The second-order valence-electron chi connectivity index (χ2n) is 8.99. The van der Waals surface area contributed by atoms with Crippen LogP contribution in [0.2, 0.25) is 0 Å². The van der Waals surface area contributed by atoms with E-state index in [1.165, 1.54) is 11.3 Å². The molecule has 7 heteroatoms. The van der Waals surface area contributed by atoms with Crippen LogP contribution in [0.5, 0.6) is 5.75 Å². The lowest BCUT2D eigenvalue weighted by Crippen LogP contribution is -2.22. The van der Waals surface area contributed by atoms with Gasteiger partial charge in [-0.05, 0) is 74.9 Å². The predicted molar refractivity (Wildman–Crippen MR) is 145 cm³/mol. The van der Waals surface area contributed by atoms with Gasteiger partial charge in [0.15, 0.2) is 4.96 Å². The molecule has 6 rings (SSSR count). The molecule has 0 radical (unpaired) electrons. The molecule has 0 unspecified atom stereocenters. The van der Waals surface area contributed by atoms with Crippen LogP contribution in [0.1, 0.15) is 25.0 Å². The lowest BCUT2D eigenvalue weighted by atomic mass is 10.0.